The summed E-state index contributed by atoms with van der Waals surface area (Å²) in [4.78, 5) is 27.4. The molecule has 0 radical (unpaired) electrons. The number of carboxylic acid groups (broad SMARTS) is 1. The molecule has 0 bridgehead atoms. The van der Waals surface area contributed by atoms with Crippen molar-refractivity contribution in [3.63, 3.8) is 0 Å². The molecular weight excluding hydrogens is 494 g/mol. The van der Waals surface area contributed by atoms with Crippen LogP contribution in [0.5, 0.6) is 0 Å². The van der Waals surface area contributed by atoms with Crippen LogP contribution in [-0.2, 0) is 4.79 Å². The van der Waals surface area contributed by atoms with Crippen LogP contribution in [0, 0.1) is 0 Å². The molecule has 0 unspecified atom stereocenters. The van der Waals surface area contributed by atoms with Gasteiger partial charge in [0, 0.05) is 33.8 Å². The van der Waals surface area contributed by atoms with Crippen molar-refractivity contribution in [2.24, 2.45) is 0 Å². The highest BCUT2D eigenvalue weighted by Gasteiger charge is 2.17. The first-order valence-corrected chi connectivity index (χ1v) is 11.1. The van der Waals surface area contributed by atoms with E-state index in [0.717, 1.165) is 15.7 Å². The highest BCUT2D eigenvalue weighted by Crippen LogP contribution is 2.28. The summed E-state index contributed by atoms with van der Waals surface area (Å²) in [5.41, 5.74) is 2.18. The summed E-state index contributed by atoms with van der Waals surface area (Å²) in [5, 5.41) is 22.7. The van der Waals surface area contributed by atoms with Gasteiger partial charge in [0.1, 0.15) is 0 Å². The number of halogens is 1. The summed E-state index contributed by atoms with van der Waals surface area (Å²) in [5.74, 6) is -0.829. The highest BCUT2D eigenvalue weighted by atomic mass is 79.9. The predicted octanol–water partition coefficient (Wildman–Crippen LogP) is 3.19. The fraction of sp³-hybridized carbons (Fsp3) is 0.0455. The van der Waals surface area contributed by atoms with Crippen molar-refractivity contribution in [2.75, 3.05) is 11.1 Å². The number of nitrogens with one attached hydrogen (secondary N) is 1. The molecular formula is C22H15BrN5O3S-. The van der Waals surface area contributed by atoms with Gasteiger partial charge in [-0.3, -0.25) is 14.3 Å². The fourth-order valence-electron chi connectivity index (χ4n) is 2.89. The Kier molecular flexibility index (Phi) is 6.62. The van der Waals surface area contributed by atoms with Crippen molar-refractivity contribution < 1.29 is 14.7 Å². The molecule has 0 spiro atoms. The number of carboxylic acids is 1. The molecule has 0 atom stereocenters. The first-order valence-electron chi connectivity index (χ1n) is 9.37. The van der Waals surface area contributed by atoms with E-state index in [-0.39, 0.29) is 17.2 Å². The molecule has 2 aromatic carbocycles. The van der Waals surface area contributed by atoms with Crippen LogP contribution in [0.2, 0.25) is 0 Å². The Balaban J connectivity index is 1.54. The molecule has 1 N–H and O–H groups in total. The van der Waals surface area contributed by atoms with Crippen molar-refractivity contribution in [1.82, 2.24) is 19.7 Å². The molecule has 32 heavy (non-hydrogen) atoms. The Bertz CT molecular complexity index is 1250. The maximum atomic E-state index is 12.4. The summed E-state index contributed by atoms with van der Waals surface area (Å²) in [7, 11) is 0. The van der Waals surface area contributed by atoms with Gasteiger partial charge in [-0.15, -0.1) is 10.2 Å². The standard InChI is InChI=1S/C22H16BrN5O3S/c23-16-5-9-18(10-6-16)28-20(15-2-1-11-24-12-15)26-27-22(28)32-13-19(29)25-17-7-3-14(4-8-17)21(30)31/h1-12H,13H2,(H,25,29)(H,30,31)/p-1. The number of carbonyl (C=O) groups is 2. The maximum absolute atomic E-state index is 12.4. The number of hydrogen-bond donors (Lipinski definition) is 1. The smallest absolute Gasteiger partial charge is 0.234 e. The molecule has 0 aliphatic carbocycles. The van der Waals surface area contributed by atoms with Crippen molar-refractivity contribution >= 4 is 45.3 Å². The van der Waals surface area contributed by atoms with Gasteiger partial charge in [0.15, 0.2) is 11.0 Å². The largest absolute Gasteiger partial charge is 0.545 e. The normalized spacial score (nSPS) is 10.7. The summed E-state index contributed by atoms with van der Waals surface area (Å²) in [6, 6.07) is 17.2. The third kappa shape index (κ3) is 5.04. The topological polar surface area (TPSA) is 113 Å². The number of aromatic nitrogens is 4. The molecule has 4 aromatic rings. The molecule has 1 amide bonds. The van der Waals surface area contributed by atoms with Gasteiger partial charge in [0.25, 0.3) is 0 Å². The van der Waals surface area contributed by atoms with E-state index < -0.39 is 5.97 Å². The maximum Gasteiger partial charge on any atom is 0.234 e. The average molecular weight is 509 g/mol. The number of pyridine rings is 1. The van der Waals surface area contributed by atoms with Crippen LogP contribution >= 0.6 is 27.7 Å². The van der Waals surface area contributed by atoms with Crippen LogP contribution in [-0.4, -0.2) is 37.4 Å². The molecule has 2 heterocycles. The highest BCUT2D eigenvalue weighted by molar-refractivity contribution is 9.10. The van der Waals surface area contributed by atoms with Crippen LogP contribution in [0.25, 0.3) is 17.1 Å². The van der Waals surface area contributed by atoms with Gasteiger partial charge < -0.3 is 15.2 Å². The molecule has 160 valence electrons. The monoisotopic (exact) mass is 508 g/mol. The Morgan fingerprint density at radius 1 is 1.03 bits per heavy atom. The fourth-order valence-corrected chi connectivity index (χ4v) is 3.90. The van der Waals surface area contributed by atoms with Crippen LogP contribution in [0.1, 0.15) is 10.4 Å². The zero-order valence-corrected chi connectivity index (χ0v) is 18.8. The summed E-state index contributed by atoms with van der Waals surface area (Å²) < 4.78 is 2.81. The van der Waals surface area contributed by atoms with Gasteiger partial charge in [-0.05, 0) is 54.1 Å². The van der Waals surface area contributed by atoms with E-state index in [2.05, 4.69) is 36.4 Å². The predicted molar refractivity (Wildman–Crippen MR) is 122 cm³/mol. The van der Waals surface area contributed by atoms with Gasteiger partial charge in [-0.1, -0.05) is 39.8 Å². The molecule has 0 saturated carbocycles. The second kappa shape index (κ2) is 9.75. The van der Waals surface area contributed by atoms with E-state index in [0.29, 0.717) is 16.7 Å². The second-order valence-corrected chi connectivity index (χ2v) is 8.42. The van der Waals surface area contributed by atoms with Crippen LogP contribution in [0.4, 0.5) is 5.69 Å². The Labute approximate surface area is 195 Å². The van der Waals surface area contributed by atoms with Gasteiger partial charge >= 0.3 is 0 Å². The van der Waals surface area contributed by atoms with E-state index >= 15 is 0 Å². The van der Waals surface area contributed by atoms with Crippen molar-refractivity contribution in [1.29, 1.82) is 0 Å². The molecule has 0 fully saturated rings. The number of benzene rings is 2. The van der Waals surface area contributed by atoms with Gasteiger partial charge in [-0.2, -0.15) is 0 Å². The zero-order valence-electron chi connectivity index (χ0n) is 16.4. The van der Waals surface area contributed by atoms with Crippen LogP contribution in [0.15, 0.2) is 82.7 Å². The Morgan fingerprint density at radius 2 is 1.78 bits per heavy atom. The minimum atomic E-state index is -1.27. The number of hydrogen-bond acceptors (Lipinski definition) is 7. The first-order chi connectivity index (χ1) is 15.5. The quantitative estimate of drug-likeness (QED) is 0.381. The summed E-state index contributed by atoms with van der Waals surface area (Å²) >= 11 is 4.68. The lowest BCUT2D eigenvalue weighted by Crippen LogP contribution is -2.22. The molecule has 0 aliphatic heterocycles. The number of rotatable bonds is 7. The number of anilines is 1. The molecule has 0 aliphatic rings. The Hall–Kier alpha value is -3.50. The third-order valence-corrected chi connectivity index (χ3v) is 5.83. The van der Waals surface area contributed by atoms with E-state index in [4.69, 9.17) is 0 Å². The number of aromatic carboxylic acids is 1. The van der Waals surface area contributed by atoms with E-state index in [1.807, 2.05) is 41.0 Å². The van der Waals surface area contributed by atoms with Gasteiger partial charge in [-0.25, -0.2) is 0 Å². The SMILES string of the molecule is O=C(CSc1nnc(-c2cccnc2)n1-c1ccc(Br)cc1)Nc1ccc(C(=O)[O-])cc1. The van der Waals surface area contributed by atoms with E-state index in [1.165, 1.54) is 36.0 Å². The minimum Gasteiger partial charge on any atom is -0.545 e. The lowest BCUT2D eigenvalue weighted by Gasteiger charge is -2.11. The molecule has 8 nitrogen and oxygen atoms in total. The number of amides is 1. The Morgan fingerprint density at radius 3 is 2.44 bits per heavy atom. The summed E-state index contributed by atoms with van der Waals surface area (Å²) in [6.07, 6.45) is 3.39. The van der Waals surface area contributed by atoms with Crippen molar-refractivity contribution in [3.8, 4) is 17.1 Å². The number of carbonyl (C=O) groups excluding carboxylic acids is 2. The summed E-state index contributed by atoms with van der Waals surface area (Å²) in [6.45, 7) is 0. The zero-order chi connectivity index (χ0) is 22.5. The molecule has 10 heteroatoms. The van der Waals surface area contributed by atoms with Crippen LogP contribution < -0.4 is 10.4 Å². The number of thioether (sulfide) groups is 1. The van der Waals surface area contributed by atoms with Crippen LogP contribution in [0.3, 0.4) is 0 Å². The average Bonchev–Trinajstić information content (AvgIpc) is 3.23. The van der Waals surface area contributed by atoms with Crippen molar-refractivity contribution in [2.45, 2.75) is 5.16 Å². The van der Waals surface area contributed by atoms with E-state index in [1.54, 1.807) is 12.4 Å². The third-order valence-electron chi connectivity index (χ3n) is 4.37. The van der Waals surface area contributed by atoms with E-state index in [9.17, 15) is 14.7 Å². The second-order valence-electron chi connectivity index (χ2n) is 6.56. The molecule has 4 rings (SSSR count). The number of nitrogens with zero attached hydrogens (tertiary/aromatic N) is 4. The minimum absolute atomic E-state index is 0.0444. The lowest BCUT2D eigenvalue weighted by atomic mass is 10.2. The molecule has 0 saturated heterocycles. The lowest BCUT2D eigenvalue weighted by molar-refractivity contribution is -0.255. The van der Waals surface area contributed by atoms with Crippen molar-refractivity contribution in [3.05, 3.63) is 83.1 Å². The van der Waals surface area contributed by atoms with Gasteiger partial charge in [0.2, 0.25) is 5.91 Å². The molecule has 2 aromatic heterocycles. The van der Waals surface area contributed by atoms with Gasteiger partial charge in [0.05, 0.1) is 11.7 Å². The first kappa shape index (κ1) is 21.7.